The van der Waals surface area contributed by atoms with Gasteiger partial charge in [0.25, 0.3) is 0 Å². The van der Waals surface area contributed by atoms with Gasteiger partial charge < -0.3 is 17.2 Å². The lowest BCUT2D eigenvalue weighted by atomic mass is 10.2. The molecule has 0 aliphatic carbocycles. The summed E-state index contributed by atoms with van der Waals surface area (Å²) in [7, 11) is 0. The monoisotopic (exact) mass is 582 g/mol. The Labute approximate surface area is 233 Å². The van der Waals surface area contributed by atoms with Crippen molar-refractivity contribution >= 4 is 46.3 Å². The molecular formula is C26H24Cl3F3N6. The number of nitrogens with two attached hydrogens (primary N) is 3. The molecule has 200 valence electrons. The van der Waals surface area contributed by atoms with Crippen molar-refractivity contribution in [1.82, 2.24) is 9.78 Å². The van der Waals surface area contributed by atoms with Gasteiger partial charge in [0.1, 0.15) is 29.0 Å². The number of nitrogens with zero attached hydrogens (tertiary/aromatic N) is 3. The molecule has 0 unspecified atom stereocenters. The summed E-state index contributed by atoms with van der Waals surface area (Å²) in [6.45, 7) is 2.02. The number of aromatic nitrogens is 2. The van der Waals surface area contributed by atoms with Gasteiger partial charge in [-0.05, 0) is 55.5 Å². The van der Waals surface area contributed by atoms with Crippen molar-refractivity contribution in [2.75, 3.05) is 11.5 Å². The molecule has 4 aromatic rings. The fourth-order valence-electron chi connectivity index (χ4n) is 2.40. The molecule has 0 fully saturated rings. The number of benzene rings is 3. The van der Waals surface area contributed by atoms with Crippen LogP contribution in [0.3, 0.4) is 0 Å². The number of hydrogen-bond donors (Lipinski definition) is 3. The molecule has 1 heterocycles. The van der Waals surface area contributed by atoms with E-state index in [0.717, 1.165) is 0 Å². The summed E-state index contributed by atoms with van der Waals surface area (Å²) in [5, 5.41) is 12.7. The van der Waals surface area contributed by atoms with E-state index in [-0.39, 0.29) is 18.0 Å². The smallest absolute Gasteiger partial charge is 0.150 e. The third-order valence-corrected chi connectivity index (χ3v) is 4.91. The van der Waals surface area contributed by atoms with Crippen molar-refractivity contribution in [2.45, 2.75) is 13.5 Å². The summed E-state index contributed by atoms with van der Waals surface area (Å²) in [6, 6.07) is 16.4. The SMILES string of the molecule is CC=CC#N.NCc1ccc(Cl)cc1F.Nc1ccc(Cl)cc1F.Nc1ccn(-c2ccc(Cl)cc2F)n1. The van der Waals surface area contributed by atoms with Crippen molar-refractivity contribution < 1.29 is 13.2 Å². The van der Waals surface area contributed by atoms with Crippen LogP contribution in [-0.2, 0) is 6.54 Å². The van der Waals surface area contributed by atoms with Gasteiger partial charge in [-0.2, -0.15) is 10.4 Å². The largest absolute Gasteiger partial charge is 0.396 e. The van der Waals surface area contributed by atoms with Crippen LogP contribution in [-0.4, -0.2) is 9.78 Å². The lowest BCUT2D eigenvalue weighted by Crippen LogP contribution is -1.99. The van der Waals surface area contributed by atoms with Crippen LogP contribution >= 0.6 is 34.8 Å². The highest BCUT2D eigenvalue weighted by atomic mass is 35.5. The Morgan fingerprint density at radius 3 is 1.82 bits per heavy atom. The molecular weight excluding hydrogens is 560 g/mol. The molecule has 0 amide bonds. The van der Waals surface area contributed by atoms with Crippen molar-refractivity contribution in [1.29, 1.82) is 5.26 Å². The quantitative estimate of drug-likeness (QED) is 0.169. The molecule has 0 radical (unpaired) electrons. The van der Waals surface area contributed by atoms with Gasteiger partial charge in [-0.15, -0.1) is 0 Å². The minimum atomic E-state index is -0.470. The molecule has 0 aliphatic heterocycles. The zero-order chi connectivity index (χ0) is 28.7. The Morgan fingerprint density at radius 1 is 0.868 bits per heavy atom. The van der Waals surface area contributed by atoms with Crippen molar-refractivity contribution in [3.8, 4) is 11.8 Å². The highest BCUT2D eigenvalue weighted by Crippen LogP contribution is 2.18. The molecule has 1 aromatic heterocycles. The van der Waals surface area contributed by atoms with Crippen LogP contribution in [0.15, 0.2) is 79.0 Å². The van der Waals surface area contributed by atoms with Gasteiger partial charge in [-0.1, -0.05) is 46.9 Å². The molecule has 38 heavy (non-hydrogen) atoms. The summed E-state index contributed by atoms with van der Waals surface area (Å²) in [5.41, 5.74) is 16.7. The van der Waals surface area contributed by atoms with Crippen molar-refractivity contribution in [3.05, 3.63) is 117 Å². The minimum absolute atomic E-state index is 0.124. The fraction of sp³-hybridized carbons (Fsp3) is 0.0769. The van der Waals surface area contributed by atoms with E-state index in [9.17, 15) is 13.2 Å². The third-order valence-electron chi connectivity index (χ3n) is 4.20. The predicted octanol–water partition coefficient (Wildman–Crippen LogP) is 7.33. The van der Waals surface area contributed by atoms with E-state index >= 15 is 0 Å². The van der Waals surface area contributed by atoms with Crippen LogP contribution in [0.2, 0.25) is 15.1 Å². The average Bonchev–Trinajstić information content (AvgIpc) is 3.29. The molecule has 0 saturated heterocycles. The average molecular weight is 584 g/mol. The first-order valence-corrected chi connectivity index (χ1v) is 11.8. The second-order valence-corrected chi connectivity index (χ2v) is 8.33. The fourth-order valence-corrected chi connectivity index (χ4v) is 2.88. The number of rotatable bonds is 2. The van der Waals surface area contributed by atoms with Gasteiger partial charge in [0.05, 0.1) is 11.8 Å². The number of hydrogen-bond acceptors (Lipinski definition) is 5. The maximum atomic E-state index is 13.4. The van der Waals surface area contributed by atoms with E-state index in [2.05, 4.69) is 5.10 Å². The van der Waals surface area contributed by atoms with Gasteiger partial charge in [-0.25, -0.2) is 17.9 Å². The van der Waals surface area contributed by atoms with Crippen LogP contribution in [0, 0.1) is 28.8 Å². The van der Waals surface area contributed by atoms with Crippen LogP contribution in [0.1, 0.15) is 12.5 Å². The van der Waals surface area contributed by atoms with E-state index in [1.165, 1.54) is 35.0 Å². The molecule has 3 aromatic carbocycles. The molecule has 0 bridgehead atoms. The first-order chi connectivity index (χ1) is 18.0. The zero-order valence-corrected chi connectivity index (χ0v) is 22.3. The molecule has 6 N–H and O–H groups in total. The molecule has 4 rings (SSSR count). The zero-order valence-electron chi connectivity index (χ0n) is 20.1. The maximum absolute atomic E-state index is 13.4. The summed E-state index contributed by atoms with van der Waals surface area (Å²) in [5.74, 6) is -0.891. The third kappa shape index (κ3) is 11.6. The maximum Gasteiger partial charge on any atom is 0.150 e. The molecule has 12 heteroatoms. The Morgan fingerprint density at radius 2 is 1.42 bits per heavy atom. The van der Waals surface area contributed by atoms with E-state index in [0.29, 0.717) is 32.1 Å². The molecule has 0 aliphatic rings. The highest BCUT2D eigenvalue weighted by molar-refractivity contribution is 6.31. The summed E-state index contributed by atoms with van der Waals surface area (Å²) < 4.78 is 39.8. The van der Waals surface area contributed by atoms with Gasteiger partial charge in [-0.3, -0.25) is 0 Å². The van der Waals surface area contributed by atoms with Gasteiger partial charge in [0, 0.05) is 45.5 Å². The van der Waals surface area contributed by atoms with Crippen molar-refractivity contribution in [2.24, 2.45) is 5.73 Å². The molecule has 0 saturated carbocycles. The van der Waals surface area contributed by atoms with Crippen molar-refractivity contribution in [3.63, 3.8) is 0 Å². The Hall–Kier alpha value is -3.68. The lowest BCUT2D eigenvalue weighted by Gasteiger charge is -2.02. The van der Waals surface area contributed by atoms with E-state index < -0.39 is 11.6 Å². The second-order valence-electron chi connectivity index (χ2n) is 7.02. The van der Waals surface area contributed by atoms with Crippen LogP contribution in [0.4, 0.5) is 24.7 Å². The first-order valence-electron chi connectivity index (χ1n) is 10.6. The Balaban J connectivity index is 0.000000269. The minimum Gasteiger partial charge on any atom is -0.396 e. The highest BCUT2D eigenvalue weighted by Gasteiger charge is 2.05. The number of nitriles is 1. The summed E-state index contributed by atoms with van der Waals surface area (Å²) >= 11 is 16.5. The van der Waals surface area contributed by atoms with Gasteiger partial charge >= 0.3 is 0 Å². The summed E-state index contributed by atoms with van der Waals surface area (Å²) in [6.07, 6.45) is 4.71. The number of allylic oxidation sites excluding steroid dienone is 2. The van der Waals surface area contributed by atoms with Crippen LogP contribution < -0.4 is 17.2 Å². The topological polar surface area (TPSA) is 120 Å². The normalized spacial score (nSPS) is 9.76. The number of halogens is 6. The lowest BCUT2D eigenvalue weighted by molar-refractivity contribution is 0.610. The molecule has 0 spiro atoms. The van der Waals surface area contributed by atoms with Crippen LogP contribution in [0.5, 0.6) is 0 Å². The Bertz CT molecular complexity index is 1390. The predicted molar refractivity (Wildman–Crippen MR) is 148 cm³/mol. The number of anilines is 2. The first kappa shape index (κ1) is 32.3. The standard InChI is InChI=1S/C9H7ClFN3.C7H7ClFN.C6H5ClFN.C4H5N/c10-6-1-2-8(7(11)5-6)14-4-3-9(12)13-14;8-6-2-1-5(4-10)7(9)3-6;7-4-1-2-6(9)5(8)3-4;1-2-3-4-5/h1-5H,(H2,12,13);1-3H,4,10H2;1-3H,9H2;2-3H,1H3. The van der Waals surface area contributed by atoms with E-state index in [1.807, 2.05) is 13.0 Å². The molecule has 0 atom stereocenters. The second kappa shape index (κ2) is 16.9. The van der Waals surface area contributed by atoms with Gasteiger partial charge in [0.15, 0.2) is 0 Å². The van der Waals surface area contributed by atoms with Crippen LogP contribution in [0.25, 0.3) is 5.69 Å². The summed E-state index contributed by atoms with van der Waals surface area (Å²) in [4.78, 5) is 0. The number of nitrogen functional groups attached to an aromatic ring is 2. The molecule has 6 nitrogen and oxygen atoms in total. The van der Waals surface area contributed by atoms with Gasteiger partial charge in [0.2, 0.25) is 0 Å². The Kier molecular flexibility index (Phi) is 14.4. The van der Waals surface area contributed by atoms with E-state index in [4.69, 9.17) is 57.3 Å². The van der Waals surface area contributed by atoms with E-state index in [1.54, 1.807) is 48.7 Å².